The van der Waals surface area contributed by atoms with Crippen LogP contribution in [0.15, 0.2) is 17.9 Å². The number of aromatic nitrogens is 4. The van der Waals surface area contributed by atoms with Crippen molar-refractivity contribution in [3.8, 4) is 0 Å². The van der Waals surface area contributed by atoms with Gasteiger partial charge in [-0.3, -0.25) is 4.68 Å². The fourth-order valence-electron chi connectivity index (χ4n) is 1.35. The summed E-state index contributed by atoms with van der Waals surface area (Å²) in [6.07, 6.45) is 3.40. The van der Waals surface area contributed by atoms with Gasteiger partial charge in [-0.25, -0.2) is 9.78 Å². The fraction of sp³-hybridized carbons (Fsp3) is 0.400. The largest absolute Gasteiger partial charge is 0.461 e. The second-order valence-electron chi connectivity index (χ2n) is 3.34. The van der Waals surface area contributed by atoms with Gasteiger partial charge in [0.15, 0.2) is 5.69 Å². The maximum Gasteiger partial charge on any atom is 0.360 e. The first-order chi connectivity index (χ1) is 8.81. The number of thiazole rings is 1. The molecule has 0 saturated carbocycles. The minimum atomic E-state index is -0.401. The van der Waals surface area contributed by atoms with E-state index in [4.69, 9.17) is 4.74 Å². The first-order valence-electron chi connectivity index (χ1n) is 5.50. The van der Waals surface area contributed by atoms with Crippen LogP contribution in [0.4, 0.5) is 5.00 Å². The summed E-state index contributed by atoms with van der Waals surface area (Å²) in [5.41, 5.74) is 1.95. The Morgan fingerprint density at radius 1 is 1.61 bits per heavy atom. The lowest BCUT2D eigenvalue weighted by Gasteiger charge is -2.05. The first kappa shape index (κ1) is 12.5. The number of nitrogens with zero attached hydrogens (tertiary/aromatic N) is 4. The van der Waals surface area contributed by atoms with Crippen LogP contribution in [0.3, 0.4) is 0 Å². The lowest BCUT2D eigenvalue weighted by molar-refractivity contribution is 0.0521. The zero-order valence-corrected chi connectivity index (χ0v) is 10.7. The molecule has 18 heavy (non-hydrogen) atoms. The number of carbonyl (C=O) groups is 1. The van der Waals surface area contributed by atoms with Gasteiger partial charge >= 0.3 is 5.97 Å². The summed E-state index contributed by atoms with van der Waals surface area (Å²) in [6.45, 7) is 3.41. The predicted molar refractivity (Wildman–Crippen MR) is 66.6 cm³/mol. The average Bonchev–Trinajstić information content (AvgIpc) is 3.00. The predicted octanol–water partition coefficient (Wildman–Crippen LogP) is 1.02. The molecular weight excluding hydrogens is 254 g/mol. The van der Waals surface area contributed by atoms with Crippen LogP contribution in [0.1, 0.15) is 17.4 Å². The van der Waals surface area contributed by atoms with Crippen molar-refractivity contribution < 1.29 is 9.53 Å². The molecule has 2 heterocycles. The number of rotatable bonds is 6. The van der Waals surface area contributed by atoms with Crippen molar-refractivity contribution in [2.45, 2.75) is 13.5 Å². The highest BCUT2D eigenvalue weighted by atomic mass is 32.1. The number of carbonyl (C=O) groups excluding carboxylic acids is 1. The van der Waals surface area contributed by atoms with Gasteiger partial charge in [-0.15, -0.1) is 16.4 Å². The Bertz CT molecular complexity index is 496. The van der Waals surface area contributed by atoms with Crippen LogP contribution in [0.2, 0.25) is 0 Å². The molecule has 2 aromatic heterocycles. The summed E-state index contributed by atoms with van der Waals surface area (Å²) in [5, 5.41) is 11.4. The van der Waals surface area contributed by atoms with Gasteiger partial charge in [0.2, 0.25) is 0 Å². The van der Waals surface area contributed by atoms with Gasteiger partial charge in [-0.2, -0.15) is 0 Å². The van der Waals surface area contributed by atoms with Crippen molar-refractivity contribution >= 4 is 22.3 Å². The second-order valence-corrected chi connectivity index (χ2v) is 4.20. The maximum absolute atomic E-state index is 11.6. The first-order valence-corrected chi connectivity index (χ1v) is 6.37. The van der Waals surface area contributed by atoms with Gasteiger partial charge in [0.25, 0.3) is 0 Å². The molecule has 8 heteroatoms. The number of ether oxygens (including phenoxy) is 1. The molecule has 0 aliphatic carbocycles. The summed E-state index contributed by atoms with van der Waals surface area (Å²) in [4.78, 5) is 15.6. The molecule has 0 fully saturated rings. The molecule has 2 rings (SSSR count). The van der Waals surface area contributed by atoms with E-state index in [9.17, 15) is 4.79 Å². The number of anilines is 1. The van der Waals surface area contributed by atoms with Crippen molar-refractivity contribution in [2.24, 2.45) is 0 Å². The molecule has 0 bridgehead atoms. The van der Waals surface area contributed by atoms with Crippen molar-refractivity contribution in [3.05, 3.63) is 23.6 Å². The van der Waals surface area contributed by atoms with Crippen LogP contribution in [-0.2, 0) is 11.3 Å². The van der Waals surface area contributed by atoms with Crippen LogP contribution in [0, 0.1) is 0 Å². The molecule has 0 aliphatic rings. The monoisotopic (exact) mass is 267 g/mol. The molecule has 7 nitrogen and oxygen atoms in total. The normalized spacial score (nSPS) is 10.3. The Labute approximate surface area is 108 Å². The van der Waals surface area contributed by atoms with E-state index < -0.39 is 5.97 Å². The average molecular weight is 267 g/mol. The molecular formula is C10H13N5O2S. The Morgan fingerprint density at radius 2 is 2.50 bits per heavy atom. The number of esters is 1. The third-order valence-electron chi connectivity index (χ3n) is 2.13. The van der Waals surface area contributed by atoms with Crippen molar-refractivity contribution in [3.63, 3.8) is 0 Å². The van der Waals surface area contributed by atoms with Crippen molar-refractivity contribution in [2.75, 3.05) is 18.5 Å². The molecule has 0 unspecified atom stereocenters. The highest BCUT2D eigenvalue weighted by molar-refractivity contribution is 7.14. The topological polar surface area (TPSA) is 81.9 Å². The number of hydrogen-bond acceptors (Lipinski definition) is 7. The highest BCUT2D eigenvalue weighted by Gasteiger charge is 2.15. The summed E-state index contributed by atoms with van der Waals surface area (Å²) in [5.74, 6) is -0.401. The Balaban J connectivity index is 1.89. The zero-order chi connectivity index (χ0) is 12.8. The van der Waals surface area contributed by atoms with Gasteiger partial charge in [-0.1, -0.05) is 5.21 Å². The third kappa shape index (κ3) is 3.04. The van der Waals surface area contributed by atoms with E-state index in [1.54, 1.807) is 29.5 Å². The Hall–Kier alpha value is -1.96. The van der Waals surface area contributed by atoms with Gasteiger partial charge in [-0.05, 0) is 6.92 Å². The van der Waals surface area contributed by atoms with E-state index in [-0.39, 0.29) is 0 Å². The smallest absolute Gasteiger partial charge is 0.360 e. The Kier molecular flexibility index (Phi) is 4.24. The van der Waals surface area contributed by atoms with Gasteiger partial charge in [0.05, 0.1) is 24.9 Å². The van der Waals surface area contributed by atoms with E-state index in [1.807, 2.05) is 0 Å². The van der Waals surface area contributed by atoms with Gasteiger partial charge in [0, 0.05) is 12.7 Å². The fourth-order valence-corrected chi connectivity index (χ4v) is 2.05. The van der Waals surface area contributed by atoms with E-state index >= 15 is 0 Å². The van der Waals surface area contributed by atoms with Gasteiger partial charge < -0.3 is 10.1 Å². The van der Waals surface area contributed by atoms with Crippen molar-refractivity contribution in [1.82, 2.24) is 20.0 Å². The standard InChI is InChI=1S/C10H13N5O2S/c1-2-17-10(16)8-9(18-7-12-8)11-3-5-15-6-4-13-14-15/h4,6-7,11H,2-3,5H2,1H3. The molecule has 0 spiro atoms. The summed E-state index contributed by atoms with van der Waals surface area (Å²) < 4.78 is 6.62. The summed E-state index contributed by atoms with van der Waals surface area (Å²) in [7, 11) is 0. The SMILES string of the molecule is CCOC(=O)c1ncsc1NCCn1ccnn1. The molecule has 0 aromatic carbocycles. The van der Waals surface area contributed by atoms with E-state index in [1.165, 1.54) is 11.3 Å². The van der Waals surface area contributed by atoms with Crippen LogP contribution < -0.4 is 5.32 Å². The zero-order valence-electron chi connectivity index (χ0n) is 9.87. The molecule has 0 aliphatic heterocycles. The molecule has 96 valence electrons. The van der Waals surface area contributed by atoms with Crippen LogP contribution in [0.5, 0.6) is 0 Å². The number of hydrogen-bond donors (Lipinski definition) is 1. The Morgan fingerprint density at radius 3 is 3.22 bits per heavy atom. The summed E-state index contributed by atoms with van der Waals surface area (Å²) in [6, 6.07) is 0. The minimum absolute atomic E-state index is 0.334. The highest BCUT2D eigenvalue weighted by Crippen LogP contribution is 2.20. The number of nitrogens with one attached hydrogen (secondary N) is 1. The van der Waals surface area contributed by atoms with E-state index in [2.05, 4.69) is 20.6 Å². The lowest BCUT2D eigenvalue weighted by atomic mass is 10.4. The molecule has 0 saturated heterocycles. The van der Waals surface area contributed by atoms with Crippen LogP contribution in [-0.4, -0.2) is 39.1 Å². The maximum atomic E-state index is 11.6. The molecule has 0 amide bonds. The minimum Gasteiger partial charge on any atom is -0.461 e. The molecule has 2 aromatic rings. The van der Waals surface area contributed by atoms with E-state index in [0.29, 0.717) is 30.4 Å². The molecule has 0 atom stereocenters. The summed E-state index contributed by atoms with van der Waals surface area (Å²) >= 11 is 1.37. The van der Waals surface area contributed by atoms with Crippen LogP contribution >= 0.6 is 11.3 Å². The van der Waals surface area contributed by atoms with Crippen LogP contribution in [0.25, 0.3) is 0 Å². The second kappa shape index (κ2) is 6.10. The third-order valence-corrected chi connectivity index (χ3v) is 2.92. The molecule has 1 N–H and O–H groups in total. The lowest BCUT2D eigenvalue weighted by Crippen LogP contribution is -2.13. The van der Waals surface area contributed by atoms with Crippen molar-refractivity contribution in [1.29, 1.82) is 0 Å². The quantitative estimate of drug-likeness (QED) is 0.787. The van der Waals surface area contributed by atoms with E-state index in [0.717, 1.165) is 0 Å². The van der Waals surface area contributed by atoms with Gasteiger partial charge in [0.1, 0.15) is 5.00 Å². The molecule has 0 radical (unpaired) electrons.